The minimum atomic E-state index is -4.72. The molecule has 152 valence electrons. The van der Waals surface area contributed by atoms with Crippen LogP contribution >= 0.6 is 23.1 Å². The number of thiazole rings is 1. The lowest BCUT2D eigenvalue weighted by Crippen LogP contribution is -2.39. The van der Waals surface area contributed by atoms with Crippen LogP contribution in [0, 0.1) is 0 Å². The predicted molar refractivity (Wildman–Crippen MR) is 107 cm³/mol. The third-order valence-corrected chi connectivity index (χ3v) is 5.88. The number of rotatable bonds is 4. The highest BCUT2D eigenvalue weighted by atomic mass is 32.2. The first kappa shape index (κ1) is 23.8. The summed E-state index contributed by atoms with van der Waals surface area (Å²) >= 11 is 2.84. The van der Waals surface area contributed by atoms with Crippen LogP contribution in [0.3, 0.4) is 0 Å². The molecule has 0 saturated heterocycles. The summed E-state index contributed by atoms with van der Waals surface area (Å²) in [6.45, 7) is 8.75. The van der Waals surface area contributed by atoms with Crippen molar-refractivity contribution in [2.75, 3.05) is 5.73 Å². The van der Waals surface area contributed by atoms with E-state index in [1.165, 1.54) is 35.2 Å². The maximum atomic E-state index is 12.8. The number of aromatic nitrogens is 1. The third-order valence-electron chi connectivity index (χ3n) is 3.78. The molecule has 1 atom stereocenters. The quantitative estimate of drug-likeness (QED) is 0.587. The van der Waals surface area contributed by atoms with Crippen LogP contribution in [0.5, 0.6) is 0 Å². The molecule has 0 bridgehead atoms. The first-order valence-electron chi connectivity index (χ1n) is 9.02. The summed E-state index contributed by atoms with van der Waals surface area (Å²) in [5, 5.41) is 10.2. The molecule has 1 aromatic carbocycles. The second kappa shape index (κ2) is 9.80. The number of aliphatic hydroxyl groups is 1. The van der Waals surface area contributed by atoms with E-state index in [1.54, 1.807) is 12.1 Å². The first-order chi connectivity index (χ1) is 12.7. The SMILES string of the molecule is CC.CC.CC(O)(c1ccc(Sc2sc(N)nc2C2CC2)cc1)C(F)(F)F. The normalized spacial score (nSPS) is 15.7. The summed E-state index contributed by atoms with van der Waals surface area (Å²) in [5.41, 5.74) is 3.72. The van der Waals surface area contributed by atoms with E-state index in [1.807, 2.05) is 27.7 Å². The number of halogens is 3. The molecule has 1 heterocycles. The van der Waals surface area contributed by atoms with Crippen molar-refractivity contribution in [1.29, 1.82) is 0 Å². The molecule has 0 radical (unpaired) electrons. The van der Waals surface area contributed by atoms with Gasteiger partial charge in [0, 0.05) is 10.8 Å². The van der Waals surface area contributed by atoms with Crippen molar-refractivity contribution in [1.82, 2.24) is 4.98 Å². The van der Waals surface area contributed by atoms with Crippen molar-refractivity contribution in [3.63, 3.8) is 0 Å². The standard InChI is InChI=1S/C15H15F3N2OS2.2C2H6/c1-14(21,15(16,17)18)9-4-6-10(7-5-9)22-12-11(8-2-3-8)20-13(19)23-12;2*1-2/h4-8,21H,2-3H2,1H3,(H2,19,20);2*1-2H3. The van der Waals surface area contributed by atoms with Gasteiger partial charge in [0.1, 0.15) is 0 Å². The predicted octanol–water partition coefficient (Wildman–Crippen LogP) is 6.58. The molecule has 3 rings (SSSR count). The Morgan fingerprint density at radius 3 is 2.07 bits per heavy atom. The topological polar surface area (TPSA) is 59.1 Å². The smallest absolute Gasteiger partial charge is 0.376 e. The van der Waals surface area contributed by atoms with E-state index in [0.29, 0.717) is 11.0 Å². The van der Waals surface area contributed by atoms with Crippen LogP contribution in [0.2, 0.25) is 0 Å². The second-order valence-corrected chi connectivity index (χ2v) is 8.07. The minimum absolute atomic E-state index is 0.180. The fourth-order valence-corrected chi connectivity index (χ4v) is 4.31. The number of hydrogen-bond donors (Lipinski definition) is 2. The van der Waals surface area contributed by atoms with Crippen LogP contribution < -0.4 is 5.73 Å². The molecule has 1 saturated carbocycles. The number of nitrogens with zero attached hydrogens (tertiary/aromatic N) is 1. The monoisotopic (exact) mass is 420 g/mol. The van der Waals surface area contributed by atoms with Gasteiger partial charge in [0.05, 0.1) is 9.90 Å². The average molecular weight is 421 g/mol. The van der Waals surface area contributed by atoms with Gasteiger partial charge in [-0.05, 0) is 37.5 Å². The first-order valence-corrected chi connectivity index (χ1v) is 10.7. The van der Waals surface area contributed by atoms with Gasteiger partial charge in [-0.2, -0.15) is 13.2 Å². The molecule has 8 heteroatoms. The molecule has 1 fully saturated rings. The van der Waals surface area contributed by atoms with Crippen LogP contribution in [0.4, 0.5) is 18.3 Å². The molecular formula is C19H27F3N2OS2. The number of benzene rings is 1. The zero-order chi connectivity index (χ0) is 20.8. The molecular weight excluding hydrogens is 393 g/mol. The van der Waals surface area contributed by atoms with Crippen molar-refractivity contribution >= 4 is 28.2 Å². The van der Waals surface area contributed by atoms with Gasteiger partial charge in [0.15, 0.2) is 10.7 Å². The molecule has 3 N–H and O–H groups in total. The Balaban J connectivity index is 0.000000855. The van der Waals surface area contributed by atoms with Crippen molar-refractivity contribution in [3.05, 3.63) is 35.5 Å². The number of nitrogens with two attached hydrogens (primary N) is 1. The van der Waals surface area contributed by atoms with Crippen LogP contribution in [0.25, 0.3) is 0 Å². The van der Waals surface area contributed by atoms with Gasteiger partial charge < -0.3 is 10.8 Å². The highest BCUT2D eigenvalue weighted by Crippen LogP contribution is 2.48. The number of anilines is 1. The highest BCUT2D eigenvalue weighted by molar-refractivity contribution is 8.01. The Morgan fingerprint density at radius 1 is 1.11 bits per heavy atom. The van der Waals surface area contributed by atoms with E-state index in [0.717, 1.165) is 34.6 Å². The van der Waals surface area contributed by atoms with Crippen molar-refractivity contribution in [2.45, 2.75) is 74.3 Å². The summed E-state index contributed by atoms with van der Waals surface area (Å²) in [5.74, 6) is 0.455. The van der Waals surface area contributed by atoms with Crippen LogP contribution in [0.1, 0.15) is 64.6 Å². The number of alkyl halides is 3. The van der Waals surface area contributed by atoms with Crippen LogP contribution in [-0.4, -0.2) is 16.3 Å². The molecule has 1 aromatic heterocycles. The van der Waals surface area contributed by atoms with E-state index in [-0.39, 0.29) is 5.56 Å². The average Bonchev–Trinajstić information content (AvgIpc) is 3.41. The number of nitrogen functional groups attached to an aromatic ring is 1. The summed E-state index contributed by atoms with van der Waals surface area (Å²) in [6.07, 6.45) is -2.51. The van der Waals surface area contributed by atoms with Crippen molar-refractivity contribution < 1.29 is 18.3 Å². The Morgan fingerprint density at radius 2 is 1.63 bits per heavy atom. The maximum Gasteiger partial charge on any atom is 0.421 e. The maximum absolute atomic E-state index is 12.8. The van der Waals surface area contributed by atoms with Gasteiger partial charge >= 0.3 is 6.18 Å². The lowest BCUT2D eigenvalue weighted by atomic mass is 9.96. The molecule has 0 amide bonds. The van der Waals surface area contributed by atoms with E-state index >= 15 is 0 Å². The van der Waals surface area contributed by atoms with Gasteiger partial charge in [-0.25, -0.2) is 4.98 Å². The Hall–Kier alpha value is -1.25. The molecule has 1 aliphatic carbocycles. The van der Waals surface area contributed by atoms with Crippen molar-refractivity contribution in [2.24, 2.45) is 0 Å². The van der Waals surface area contributed by atoms with Gasteiger partial charge in [-0.15, -0.1) is 0 Å². The van der Waals surface area contributed by atoms with Gasteiger partial charge in [-0.3, -0.25) is 0 Å². The summed E-state index contributed by atoms with van der Waals surface area (Å²) in [7, 11) is 0. The molecule has 1 aliphatic rings. The van der Waals surface area contributed by atoms with Gasteiger partial charge in [0.25, 0.3) is 0 Å². The summed E-state index contributed by atoms with van der Waals surface area (Å²) in [4.78, 5) is 5.13. The Labute approximate surface area is 167 Å². The van der Waals surface area contributed by atoms with Crippen LogP contribution in [-0.2, 0) is 5.60 Å². The zero-order valence-corrected chi connectivity index (χ0v) is 17.9. The summed E-state index contributed by atoms with van der Waals surface area (Å²) in [6, 6.07) is 5.76. The lowest BCUT2D eigenvalue weighted by molar-refractivity contribution is -0.258. The lowest BCUT2D eigenvalue weighted by Gasteiger charge is -2.26. The van der Waals surface area contributed by atoms with E-state index < -0.39 is 11.8 Å². The van der Waals surface area contributed by atoms with E-state index in [9.17, 15) is 18.3 Å². The second-order valence-electron chi connectivity index (χ2n) is 5.70. The fourth-order valence-electron chi connectivity index (χ4n) is 2.14. The zero-order valence-electron chi connectivity index (χ0n) is 16.2. The van der Waals surface area contributed by atoms with Crippen molar-refractivity contribution in [3.8, 4) is 0 Å². The van der Waals surface area contributed by atoms with Crippen LogP contribution in [0.15, 0.2) is 33.4 Å². The van der Waals surface area contributed by atoms with Gasteiger partial charge in [-0.1, -0.05) is 62.9 Å². The molecule has 27 heavy (non-hydrogen) atoms. The van der Waals surface area contributed by atoms with E-state index in [2.05, 4.69) is 4.98 Å². The molecule has 1 unspecified atom stereocenters. The largest absolute Gasteiger partial charge is 0.421 e. The fraction of sp³-hybridized carbons (Fsp3) is 0.526. The molecule has 0 aliphatic heterocycles. The summed E-state index contributed by atoms with van der Waals surface area (Å²) < 4.78 is 39.5. The highest BCUT2D eigenvalue weighted by Gasteiger charge is 2.51. The number of hydrogen-bond acceptors (Lipinski definition) is 5. The Bertz CT molecular complexity index is 709. The third kappa shape index (κ3) is 5.86. The Kier molecular flexibility index (Phi) is 8.63. The molecule has 0 spiro atoms. The molecule has 3 nitrogen and oxygen atoms in total. The molecule has 2 aromatic rings. The van der Waals surface area contributed by atoms with E-state index in [4.69, 9.17) is 5.73 Å². The minimum Gasteiger partial charge on any atom is -0.376 e. The van der Waals surface area contributed by atoms with Gasteiger partial charge in [0.2, 0.25) is 0 Å².